The second kappa shape index (κ2) is 10.8. The first-order valence-corrected chi connectivity index (χ1v) is 12.0. The van der Waals surface area contributed by atoms with E-state index in [1.807, 2.05) is 54.3 Å². The van der Waals surface area contributed by atoms with Gasteiger partial charge in [-0.3, -0.25) is 14.5 Å². The highest BCUT2D eigenvalue weighted by molar-refractivity contribution is 5.95. The van der Waals surface area contributed by atoms with Gasteiger partial charge < -0.3 is 10.2 Å². The lowest BCUT2D eigenvalue weighted by molar-refractivity contribution is -0.134. The molecule has 1 saturated heterocycles. The topological polar surface area (TPSA) is 52.7 Å². The van der Waals surface area contributed by atoms with Crippen LogP contribution in [0.15, 0.2) is 54.6 Å². The molecular formula is C27H35N3O2. The molecule has 4 rings (SSSR count). The molecule has 1 heterocycles. The van der Waals surface area contributed by atoms with Gasteiger partial charge >= 0.3 is 0 Å². The summed E-state index contributed by atoms with van der Waals surface area (Å²) in [6, 6.07) is 18.1. The Morgan fingerprint density at radius 3 is 2.38 bits per heavy atom. The molecule has 1 N–H and O–H groups in total. The molecule has 0 radical (unpaired) electrons. The summed E-state index contributed by atoms with van der Waals surface area (Å²) in [6.07, 6.45) is 5.96. The minimum atomic E-state index is -0.111. The summed E-state index contributed by atoms with van der Waals surface area (Å²) in [4.78, 5) is 30.4. The van der Waals surface area contributed by atoms with Crippen molar-refractivity contribution in [3.63, 3.8) is 0 Å². The summed E-state index contributed by atoms with van der Waals surface area (Å²) < 4.78 is 0. The Bertz CT molecular complexity index is 900. The van der Waals surface area contributed by atoms with E-state index in [4.69, 9.17) is 0 Å². The Balaban J connectivity index is 1.35. The first-order valence-electron chi connectivity index (χ1n) is 12.0. The van der Waals surface area contributed by atoms with Crippen LogP contribution in [-0.2, 0) is 16.0 Å². The third-order valence-corrected chi connectivity index (χ3v) is 6.93. The van der Waals surface area contributed by atoms with E-state index in [0.717, 1.165) is 43.6 Å². The number of rotatable bonds is 7. The minimum Gasteiger partial charge on any atom is -0.340 e. The van der Waals surface area contributed by atoms with Crippen LogP contribution < -0.4 is 5.32 Å². The summed E-state index contributed by atoms with van der Waals surface area (Å²) in [5.74, 6) is 0.724. The van der Waals surface area contributed by atoms with E-state index < -0.39 is 0 Å². The number of carbonyl (C=O) groups is 2. The molecule has 0 aromatic heterocycles. The van der Waals surface area contributed by atoms with Crippen LogP contribution in [0.25, 0.3) is 0 Å². The fourth-order valence-electron chi connectivity index (χ4n) is 5.19. The summed E-state index contributed by atoms with van der Waals surface area (Å²) in [6.45, 7) is 4.97. The monoisotopic (exact) mass is 433 g/mol. The van der Waals surface area contributed by atoms with E-state index in [0.29, 0.717) is 25.4 Å². The largest absolute Gasteiger partial charge is 0.340 e. The number of carbonyl (C=O) groups excluding carboxylic acids is 2. The average Bonchev–Trinajstić information content (AvgIpc) is 3.33. The van der Waals surface area contributed by atoms with Crippen LogP contribution in [0.2, 0.25) is 0 Å². The molecule has 2 fully saturated rings. The van der Waals surface area contributed by atoms with Gasteiger partial charge in [0.1, 0.15) is 0 Å². The first-order chi connectivity index (χ1) is 15.6. The SMILES string of the molecule is Cc1cccc(NC(=O)C(C2CCCC2)N2CCN(C(=O)CCc3ccccc3)CC2)c1. The predicted octanol–water partition coefficient (Wildman–Crippen LogP) is 4.27. The highest BCUT2D eigenvalue weighted by Gasteiger charge is 2.37. The highest BCUT2D eigenvalue weighted by atomic mass is 16.2. The molecule has 1 saturated carbocycles. The molecule has 1 aliphatic heterocycles. The van der Waals surface area contributed by atoms with Crippen molar-refractivity contribution in [3.8, 4) is 0 Å². The van der Waals surface area contributed by atoms with Gasteiger partial charge in [-0.1, -0.05) is 55.3 Å². The zero-order chi connectivity index (χ0) is 22.3. The molecule has 1 atom stereocenters. The Kier molecular flexibility index (Phi) is 7.59. The zero-order valence-electron chi connectivity index (χ0n) is 19.1. The Morgan fingerprint density at radius 1 is 0.969 bits per heavy atom. The number of hydrogen-bond acceptors (Lipinski definition) is 3. The van der Waals surface area contributed by atoms with Gasteiger partial charge in [-0.05, 0) is 55.4 Å². The van der Waals surface area contributed by atoms with Gasteiger partial charge in [0.25, 0.3) is 0 Å². The third kappa shape index (κ3) is 5.77. The maximum Gasteiger partial charge on any atom is 0.242 e. The Hall–Kier alpha value is -2.66. The van der Waals surface area contributed by atoms with Gasteiger partial charge in [-0.25, -0.2) is 0 Å². The van der Waals surface area contributed by atoms with E-state index in [2.05, 4.69) is 22.3 Å². The van der Waals surface area contributed by atoms with Crippen LogP contribution in [0.4, 0.5) is 5.69 Å². The number of aryl methyl sites for hydroxylation is 2. The lowest BCUT2D eigenvalue weighted by Gasteiger charge is -2.40. The number of hydrogen-bond donors (Lipinski definition) is 1. The molecule has 2 aliphatic rings. The molecule has 2 aromatic rings. The molecule has 0 spiro atoms. The van der Waals surface area contributed by atoms with Crippen LogP contribution in [-0.4, -0.2) is 53.8 Å². The number of piperazine rings is 1. The summed E-state index contributed by atoms with van der Waals surface area (Å²) in [5, 5.41) is 3.17. The van der Waals surface area contributed by atoms with Crippen LogP contribution in [0.5, 0.6) is 0 Å². The molecule has 5 nitrogen and oxygen atoms in total. The fraction of sp³-hybridized carbons (Fsp3) is 0.481. The second-order valence-electron chi connectivity index (χ2n) is 9.25. The minimum absolute atomic E-state index is 0.103. The van der Waals surface area contributed by atoms with Crippen molar-refractivity contribution in [3.05, 3.63) is 65.7 Å². The molecule has 32 heavy (non-hydrogen) atoms. The number of anilines is 1. The van der Waals surface area contributed by atoms with Crippen molar-refractivity contribution in [2.24, 2.45) is 5.92 Å². The van der Waals surface area contributed by atoms with Crippen molar-refractivity contribution in [2.45, 2.75) is 51.5 Å². The summed E-state index contributed by atoms with van der Waals surface area (Å²) in [7, 11) is 0. The van der Waals surface area contributed by atoms with Crippen LogP contribution in [0, 0.1) is 12.8 Å². The van der Waals surface area contributed by atoms with Crippen molar-refractivity contribution in [1.82, 2.24) is 9.80 Å². The fourth-order valence-corrected chi connectivity index (χ4v) is 5.19. The quantitative estimate of drug-likeness (QED) is 0.710. The second-order valence-corrected chi connectivity index (χ2v) is 9.25. The molecule has 1 aliphatic carbocycles. The standard InChI is InChI=1S/C27H35N3O2/c1-21-8-7-13-24(20-21)28-27(32)26(23-11-5-6-12-23)30-18-16-29(17-19-30)25(31)15-14-22-9-3-2-4-10-22/h2-4,7-10,13,20,23,26H,5-6,11-12,14-19H2,1H3,(H,28,32). The van der Waals surface area contributed by atoms with E-state index in [1.165, 1.54) is 18.4 Å². The predicted molar refractivity (Wildman–Crippen MR) is 128 cm³/mol. The maximum absolute atomic E-state index is 13.4. The van der Waals surface area contributed by atoms with Gasteiger partial charge in [0, 0.05) is 38.3 Å². The van der Waals surface area contributed by atoms with E-state index in [1.54, 1.807) is 0 Å². The van der Waals surface area contributed by atoms with Gasteiger partial charge in [-0.2, -0.15) is 0 Å². The maximum atomic E-state index is 13.4. The van der Waals surface area contributed by atoms with E-state index in [-0.39, 0.29) is 17.9 Å². The van der Waals surface area contributed by atoms with Gasteiger partial charge in [0.2, 0.25) is 11.8 Å². The molecule has 5 heteroatoms. The first kappa shape index (κ1) is 22.5. The highest BCUT2D eigenvalue weighted by Crippen LogP contribution is 2.31. The summed E-state index contributed by atoms with van der Waals surface area (Å²) in [5.41, 5.74) is 3.21. The average molecular weight is 434 g/mol. The van der Waals surface area contributed by atoms with Crippen LogP contribution in [0.3, 0.4) is 0 Å². The third-order valence-electron chi connectivity index (χ3n) is 6.93. The van der Waals surface area contributed by atoms with Crippen molar-refractivity contribution < 1.29 is 9.59 Å². The molecule has 170 valence electrons. The zero-order valence-corrected chi connectivity index (χ0v) is 19.1. The number of amides is 2. The summed E-state index contributed by atoms with van der Waals surface area (Å²) >= 11 is 0. The van der Waals surface area contributed by atoms with E-state index >= 15 is 0 Å². The molecular weight excluding hydrogens is 398 g/mol. The molecule has 2 aromatic carbocycles. The van der Waals surface area contributed by atoms with Crippen molar-refractivity contribution in [2.75, 3.05) is 31.5 Å². The van der Waals surface area contributed by atoms with Crippen LogP contribution in [0.1, 0.15) is 43.2 Å². The van der Waals surface area contributed by atoms with Gasteiger partial charge in [-0.15, -0.1) is 0 Å². The smallest absolute Gasteiger partial charge is 0.242 e. The number of nitrogens with one attached hydrogen (secondary N) is 1. The lowest BCUT2D eigenvalue weighted by Crippen LogP contribution is -2.57. The normalized spacial score (nSPS) is 18.5. The van der Waals surface area contributed by atoms with E-state index in [9.17, 15) is 9.59 Å². The van der Waals surface area contributed by atoms with Crippen molar-refractivity contribution in [1.29, 1.82) is 0 Å². The molecule has 1 unspecified atom stereocenters. The Morgan fingerprint density at radius 2 is 1.69 bits per heavy atom. The number of benzene rings is 2. The molecule has 2 amide bonds. The van der Waals surface area contributed by atoms with Gasteiger partial charge in [0.05, 0.1) is 6.04 Å². The lowest BCUT2D eigenvalue weighted by atomic mass is 9.94. The van der Waals surface area contributed by atoms with Crippen molar-refractivity contribution >= 4 is 17.5 Å². The van der Waals surface area contributed by atoms with Gasteiger partial charge in [0.15, 0.2) is 0 Å². The Labute approximate surface area is 191 Å². The van der Waals surface area contributed by atoms with Crippen LogP contribution >= 0.6 is 0 Å². The number of nitrogens with zero attached hydrogens (tertiary/aromatic N) is 2. The molecule has 0 bridgehead atoms.